The van der Waals surface area contributed by atoms with E-state index in [1.165, 1.54) is 0 Å². The Balaban J connectivity index is 0.00000102. The second-order valence-corrected chi connectivity index (χ2v) is 9.72. The Bertz CT molecular complexity index is 1470. The fourth-order valence-electron chi connectivity index (χ4n) is 3.59. The molecule has 1 fully saturated rings. The van der Waals surface area contributed by atoms with Gasteiger partial charge in [-0.05, 0) is 43.2 Å². The van der Waals surface area contributed by atoms with E-state index in [2.05, 4.69) is 42.5 Å². The second kappa shape index (κ2) is 10.9. The summed E-state index contributed by atoms with van der Waals surface area (Å²) in [4.78, 5) is 30.4. The smallest absolute Gasteiger partial charge is 0.351 e. The number of anilines is 1. The van der Waals surface area contributed by atoms with Gasteiger partial charge in [-0.3, -0.25) is 4.98 Å². The van der Waals surface area contributed by atoms with Gasteiger partial charge < -0.3 is 5.32 Å². The Morgan fingerprint density at radius 3 is 2.43 bits per heavy atom. The molecule has 0 bridgehead atoms. The number of nitriles is 1. The summed E-state index contributed by atoms with van der Waals surface area (Å²) in [5.74, 6) is 0.562. The fourth-order valence-corrected chi connectivity index (χ4v) is 3.59. The molecule has 0 aliphatic heterocycles. The molecule has 0 saturated heterocycles. The Morgan fingerprint density at radius 2 is 1.73 bits per heavy atom. The minimum absolute atomic E-state index is 0.0191. The van der Waals surface area contributed by atoms with Gasteiger partial charge in [0, 0.05) is 22.7 Å². The molecule has 0 atom stereocenters. The van der Waals surface area contributed by atoms with Crippen molar-refractivity contribution in [1.29, 1.82) is 5.26 Å². The molecule has 0 radical (unpaired) electrons. The van der Waals surface area contributed by atoms with Crippen LogP contribution in [0.5, 0.6) is 0 Å². The molecule has 1 aliphatic carbocycles. The molecule has 10 nitrogen and oxygen atoms in total. The van der Waals surface area contributed by atoms with Gasteiger partial charge in [0.15, 0.2) is 0 Å². The summed E-state index contributed by atoms with van der Waals surface area (Å²) in [5.41, 5.74) is 5.47. The number of rotatable bonds is 6. The lowest BCUT2D eigenvalue weighted by Crippen LogP contribution is -2.15. The standard InChI is InChI=1S/C26H26N8.CO2/c1-26(2,3)24-9-5-8-20(28-24)15-34-16-23(32-33-34)22-13-21(18-7-4-6-17(12-18)14-27)30-25(31-22)29-19-10-11-19;2-1-3/h4-9,12-13,16,19H,10-11,15H2,1-3H3,(H,29,30,31);. The summed E-state index contributed by atoms with van der Waals surface area (Å²) in [6.45, 7) is 6.98. The minimum Gasteiger partial charge on any atom is -0.351 e. The third-order valence-corrected chi connectivity index (χ3v) is 5.62. The molecule has 37 heavy (non-hydrogen) atoms. The summed E-state index contributed by atoms with van der Waals surface area (Å²) >= 11 is 0. The lowest BCUT2D eigenvalue weighted by molar-refractivity contribution is -0.191. The fraction of sp³-hybridized carbons (Fsp3) is 0.296. The molecule has 3 heterocycles. The van der Waals surface area contributed by atoms with Gasteiger partial charge in [-0.2, -0.15) is 14.9 Å². The van der Waals surface area contributed by atoms with E-state index in [4.69, 9.17) is 24.5 Å². The summed E-state index contributed by atoms with van der Waals surface area (Å²) in [6, 6.07) is 18.0. The molecule has 3 aromatic heterocycles. The Labute approximate surface area is 214 Å². The monoisotopic (exact) mass is 494 g/mol. The average molecular weight is 495 g/mol. The highest BCUT2D eigenvalue weighted by Crippen LogP contribution is 2.28. The summed E-state index contributed by atoms with van der Waals surface area (Å²) in [6.07, 6.45) is 4.36. The summed E-state index contributed by atoms with van der Waals surface area (Å²) in [5, 5.41) is 21.4. The molecular formula is C27H26N8O2. The maximum Gasteiger partial charge on any atom is 0.373 e. The molecule has 1 N–H and O–H groups in total. The highest BCUT2D eigenvalue weighted by molar-refractivity contribution is 5.68. The largest absolute Gasteiger partial charge is 0.373 e. The summed E-state index contributed by atoms with van der Waals surface area (Å²) in [7, 11) is 0. The normalized spacial score (nSPS) is 12.6. The van der Waals surface area contributed by atoms with Crippen molar-refractivity contribution in [1.82, 2.24) is 29.9 Å². The van der Waals surface area contributed by atoms with Crippen molar-refractivity contribution < 1.29 is 9.59 Å². The zero-order valence-electron chi connectivity index (χ0n) is 20.8. The van der Waals surface area contributed by atoms with Gasteiger partial charge in [0.2, 0.25) is 5.95 Å². The Kier molecular flexibility index (Phi) is 7.47. The third-order valence-electron chi connectivity index (χ3n) is 5.62. The van der Waals surface area contributed by atoms with Crippen LogP contribution in [0.2, 0.25) is 0 Å². The number of hydrogen-bond acceptors (Lipinski definition) is 9. The van der Waals surface area contributed by atoms with E-state index in [0.29, 0.717) is 35.5 Å². The Morgan fingerprint density at radius 1 is 1.00 bits per heavy atom. The number of nitrogens with zero attached hydrogens (tertiary/aromatic N) is 7. The first-order valence-electron chi connectivity index (χ1n) is 11.8. The highest BCUT2D eigenvalue weighted by Gasteiger charge is 2.23. The van der Waals surface area contributed by atoms with Gasteiger partial charge in [0.25, 0.3) is 0 Å². The number of carbonyl (C=O) groups excluding carboxylic acids is 2. The lowest BCUT2D eigenvalue weighted by atomic mass is 9.91. The first-order valence-corrected chi connectivity index (χ1v) is 11.8. The average Bonchev–Trinajstić information content (AvgIpc) is 3.58. The van der Waals surface area contributed by atoms with Crippen LogP contribution in [-0.2, 0) is 21.5 Å². The molecule has 1 aliphatic rings. The Hall–Kier alpha value is -4.74. The molecule has 4 aromatic rings. The van der Waals surface area contributed by atoms with E-state index in [9.17, 15) is 5.26 Å². The van der Waals surface area contributed by atoms with Crippen molar-refractivity contribution in [2.75, 3.05) is 5.32 Å². The van der Waals surface area contributed by atoms with Gasteiger partial charge in [-0.1, -0.05) is 44.2 Å². The predicted molar refractivity (Wildman–Crippen MR) is 135 cm³/mol. The summed E-state index contributed by atoms with van der Waals surface area (Å²) < 4.78 is 1.77. The zero-order valence-corrected chi connectivity index (χ0v) is 20.8. The van der Waals surface area contributed by atoms with Crippen LogP contribution in [0.4, 0.5) is 5.95 Å². The van der Waals surface area contributed by atoms with Crippen molar-refractivity contribution in [2.45, 2.75) is 51.6 Å². The van der Waals surface area contributed by atoms with Crippen molar-refractivity contribution >= 4 is 12.1 Å². The molecule has 1 saturated carbocycles. The number of hydrogen-bond donors (Lipinski definition) is 1. The van der Waals surface area contributed by atoms with Crippen LogP contribution >= 0.6 is 0 Å². The first-order chi connectivity index (χ1) is 17.8. The van der Waals surface area contributed by atoms with Crippen LogP contribution in [0.15, 0.2) is 54.7 Å². The van der Waals surface area contributed by atoms with E-state index < -0.39 is 0 Å². The topological polar surface area (TPSA) is 139 Å². The number of pyridine rings is 1. The molecule has 186 valence electrons. The van der Waals surface area contributed by atoms with Gasteiger partial charge in [0.1, 0.15) is 5.69 Å². The molecule has 0 unspecified atom stereocenters. The van der Waals surface area contributed by atoms with E-state index in [1.54, 1.807) is 10.7 Å². The van der Waals surface area contributed by atoms with Gasteiger partial charge in [-0.25, -0.2) is 14.6 Å². The molecular weight excluding hydrogens is 468 g/mol. The van der Waals surface area contributed by atoms with E-state index in [-0.39, 0.29) is 11.6 Å². The van der Waals surface area contributed by atoms with Crippen molar-refractivity contribution in [3.63, 3.8) is 0 Å². The van der Waals surface area contributed by atoms with Crippen LogP contribution in [0, 0.1) is 11.3 Å². The number of nitrogens with one attached hydrogen (secondary N) is 1. The van der Waals surface area contributed by atoms with Crippen LogP contribution in [0.3, 0.4) is 0 Å². The molecule has 10 heteroatoms. The van der Waals surface area contributed by atoms with Crippen LogP contribution in [0.25, 0.3) is 22.6 Å². The first kappa shape index (κ1) is 25.4. The zero-order chi connectivity index (χ0) is 26.4. The minimum atomic E-state index is -0.0191. The SMILES string of the molecule is CC(C)(C)c1cccc(Cn2cc(-c3cc(-c4cccc(C#N)c4)nc(NC4CC4)n3)nn2)n1.O=C=O. The van der Waals surface area contributed by atoms with Crippen molar-refractivity contribution in [3.05, 3.63) is 71.7 Å². The molecule has 1 aromatic carbocycles. The number of benzene rings is 1. The van der Waals surface area contributed by atoms with E-state index >= 15 is 0 Å². The predicted octanol–water partition coefficient (Wildman–Crippen LogP) is 4.01. The number of aromatic nitrogens is 6. The second-order valence-electron chi connectivity index (χ2n) is 9.72. The van der Waals surface area contributed by atoms with Crippen molar-refractivity contribution in [2.24, 2.45) is 0 Å². The molecule has 0 amide bonds. The highest BCUT2D eigenvalue weighted by atomic mass is 16.2. The van der Waals surface area contributed by atoms with Gasteiger partial charge >= 0.3 is 6.15 Å². The quantitative estimate of drug-likeness (QED) is 0.421. The van der Waals surface area contributed by atoms with E-state index in [1.807, 2.05) is 48.7 Å². The van der Waals surface area contributed by atoms with Crippen LogP contribution < -0.4 is 5.32 Å². The third kappa shape index (κ3) is 6.69. The van der Waals surface area contributed by atoms with Gasteiger partial charge in [-0.15, -0.1) is 5.10 Å². The van der Waals surface area contributed by atoms with Crippen molar-refractivity contribution in [3.8, 4) is 28.7 Å². The molecule has 0 spiro atoms. The van der Waals surface area contributed by atoms with Crippen LogP contribution in [0.1, 0.15) is 50.6 Å². The van der Waals surface area contributed by atoms with Crippen LogP contribution in [-0.4, -0.2) is 42.1 Å². The maximum atomic E-state index is 9.29. The van der Waals surface area contributed by atoms with E-state index in [0.717, 1.165) is 35.5 Å². The van der Waals surface area contributed by atoms with Gasteiger partial charge in [0.05, 0.1) is 41.5 Å². The molecule has 5 rings (SSSR count). The lowest BCUT2D eigenvalue weighted by Gasteiger charge is -2.18. The maximum absolute atomic E-state index is 9.29.